The molecule has 0 aromatic heterocycles. The van der Waals surface area contributed by atoms with Crippen molar-refractivity contribution in [3.63, 3.8) is 0 Å². The van der Waals surface area contributed by atoms with Gasteiger partial charge in [0.15, 0.2) is 26.3 Å². The first kappa shape index (κ1) is 22.7. The van der Waals surface area contributed by atoms with E-state index >= 15 is 0 Å². The van der Waals surface area contributed by atoms with Crippen molar-refractivity contribution in [2.45, 2.75) is 6.92 Å². The zero-order chi connectivity index (χ0) is 21.2. The maximum atomic E-state index is 12.6. The van der Waals surface area contributed by atoms with Crippen LogP contribution in [-0.4, -0.2) is 26.4 Å². The SMILES string of the molecule is CC(=O)C(=C(OC(=O)c1ccc(Cl)cc1Cl)c1ccc(Cl)cc1Cl)S(C)(=O)=O. The van der Waals surface area contributed by atoms with E-state index in [1.165, 1.54) is 36.4 Å². The smallest absolute Gasteiger partial charge is 0.345 e. The predicted octanol–water partition coefficient (Wildman–Crippen LogP) is 5.46. The Morgan fingerprint density at radius 3 is 1.71 bits per heavy atom. The summed E-state index contributed by atoms with van der Waals surface area (Å²) in [5.74, 6) is -2.35. The minimum atomic E-state index is -4.08. The molecule has 0 saturated carbocycles. The lowest BCUT2D eigenvalue weighted by atomic mass is 10.1. The maximum Gasteiger partial charge on any atom is 0.345 e. The van der Waals surface area contributed by atoms with Crippen LogP contribution in [0.25, 0.3) is 5.76 Å². The highest BCUT2D eigenvalue weighted by atomic mass is 35.5. The second-order valence-corrected chi connectivity index (χ2v) is 9.26. The molecule has 28 heavy (non-hydrogen) atoms. The second-order valence-electron chi connectivity index (χ2n) is 5.62. The lowest BCUT2D eigenvalue weighted by molar-refractivity contribution is -0.113. The number of hydrogen-bond acceptors (Lipinski definition) is 5. The van der Waals surface area contributed by atoms with Gasteiger partial charge >= 0.3 is 5.97 Å². The van der Waals surface area contributed by atoms with Crippen molar-refractivity contribution in [3.8, 4) is 0 Å². The van der Waals surface area contributed by atoms with Crippen LogP contribution in [0.15, 0.2) is 41.3 Å². The molecule has 0 unspecified atom stereocenters. The Morgan fingerprint density at radius 1 is 0.857 bits per heavy atom. The Bertz CT molecular complexity index is 1110. The number of carbonyl (C=O) groups excluding carboxylic acids is 2. The number of sulfone groups is 1. The Kier molecular flexibility index (Phi) is 7.17. The summed E-state index contributed by atoms with van der Waals surface area (Å²) >= 11 is 23.8. The third-order valence-electron chi connectivity index (χ3n) is 3.42. The van der Waals surface area contributed by atoms with Gasteiger partial charge in [0.1, 0.15) is 0 Å². The molecular weight excluding hydrogens is 470 g/mol. The molecule has 2 aromatic rings. The molecule has 0 amide bonds. The number of halogens is 4. The van der Waals surface area contributed by atoms with Gasteiger partial charge < -0.3 is 4.74 Å². The predicted molar refractivity (Wildman–Crippen MR) is 111 cm³/mol. The Labute approximate surface area is 181 Å². The van der Waals surface area contributed by atoms with Crippen LogP contribution in [0.2, 0.25) is 20.1 Å². The van der Waals surface area contributed by atoms with E-state index < -0.39 is 32.3 Å². The van der Waals surface area contributed by atoms with E-state index in [0.29, 0.717) is 5.02 Å². The van der Waals surface area contributed by atoms with Crippen LogP contribution >= 0.6 is 46.4 Å². The zero-order valence-corrected chi connectivity index (χ0v) is 18.3. The molecule has 0 aliphatic heterocycles. The van der Waals surface area contributed by atoms with E-state index in [4.69, 9.17) is 51.1 Å². The van der Waals surface area contributed by atoms with Gasteiger partial charge in [-0.15, -0.1) is 0 Å². The Balaban J connectivity index is 2.72. The van der Waals surface area contributed by atoms with Gasteiger partial charge in [0.05, 0.1) is 15.6 Å². The lowest BCUT2D eigenvalue weighted by Crippen LogP contribution is -2.16. The average Bonchev–Trinajstić information content (AvgIpc) is 2.52. The van der Waals surface area contributed by atoms with Crippen LogP contribution in [0.4, 0.5) is 0 Å². The van der Waals surface area contributed by atoms with Crippen molar-refractivity contribution in [3.05, 3.63) is 72.5 Å². The summed E-state index contributed by atoms with van der Waals surface area (Å²) in [6.07, 6.45) is 0.816. The average molecular weight is 482 g/mol. The number of carbonyl (C=O) groups is 2. The largest absolute Gasteiger partial charge is 0.421 e. The van der Waals surface area contributed by atoms with Crippen LogP contribution in [0, 0.1) is 0 Å². The molecular formula is C18H12Cl4O5S. The highest BCUT2D eigenvalue weighted by molar-refractivity contribution is 7.95. The summed E-state index contributed by atoms with van der Waals surface area (Å²) in [6, 6.07) is 8.10. The van der Waals surface area contributed by atoms with Crippen LogP contribution in [0.3, 0.4) is 0 Å². The van der Waals surface area contributed by atoms with Gasteiger partial charge in [-0.2, -0.15) is 0 Å². The van der Waals surface area contributed by atoms with E-state index in [0.717, 1.165) is 13.2 Å². The van der Waals surface area contributed by atoms with Crippen LogP contribution in [0.5, 0.6) is 0 Å². The number of benzene rings is 2. The summed E-state index contributed by atoms with van der Waals surface area (Å²) in [6.45, 7) is 1.03. The number of Topliss-reactive ketones (excluding diaryl/α,β-unsaturated/α-hetero) is 1. The molecule has 0 atom stereocenters. The molecule has 0 N–H and O–H groups in total. The molecule has 2 aromatic carbocycles. The molecule has 0 fully saturated rings. The van der Waals surface area contributed by atoms with E-state index in [9.17, 15) is 18.0 Å². The van der Waals surface area contributed by atoms with E-state index in [1.54, 1.807) is 0 Å². The van der Waals surface area contributed by atoms with Gasteiger partial charge in [-0.1, -0.05) is 46.4 Å². The van der Waals surface area contributed by atoms with Crippen molar-refractivity contribution in [2.75, 3.05) is 6.26 Å². The fourth-order valence-electron chi connectivity index (χ4n) is 2.29. The summed E-state index contributed by atoms with van der Waals surface area (Å²) < 4.78 is 29.7. The van der Waals surface area contributed by atoms with Crippen molar-refractivity contribution in [2.24, 2.45) is 0 Å². The fourth-order valence-corrected chi connectivity index (χ4v) is 4.28. The monoisotopic (exact) mass is 480 g/mol. The van der Waals surface area contributed by atoms with Gasteiger partial charge in [0.2, 0.25) is 0 Å². The first-order chi connectivity index (χ1) is 12.9. The highest BCUT2D eigenvalue weighted by Crippen LogP contribution is 2.33. The Hall–Kier alpha value is -1.57. The second kappa shape index (κ2) is 8.84. The first-order valence-electron chi connectivity index (χ1n) is 7.49. The normalized spacial score (nSPS) is 12.4. The molecule has 0 radical (unpaired) electrons. The van der Waals surface area contributed by atoms with Crippen molar-refractivity contribution >= 4 is 73.8 Å². The molecule has 5 nitrogen and oxygen atoms in total. The van der Waals surface area contributed by atoms with E-state index in [-0.39, 0.29) is 26.2 Å². The highest BCUT2D eigenvalue weighted by Gasteiger charge is 2.29. The fraction of sp³-hybridized carbons (Fsp3) is 0.111. The molecule has 148 valence electrons. The van der Waals surface area contributed by atoms with Crippen molar-refractivity contribution < 1.29 is 22.7 Å². The minimum absolute atomic E-state index is 0.000118. The standard InChI is InChI=1S/C18H12Cl4O5S/c1-9(23)17(28(2,25)26)16(12-5-3-10(19)7-14(12)21)27-18(24)13-6-4-11(20)8-15(13)22/h3-8H,1-2H3. The summed E-state index contributed by atoms with van der Waals surface area (Å²) in [5.41, 5.74) is -0.0785. The number of ketones is 1. The van der Waals surface area contributed by atoms with Crippen LogP contribution < -0.4 is 0 Å². The molecule has 0 aliphatic carbocycles. The third-order valence-corrected chi connectivity index (χ3v) is 5.73. The number of hydrogen-bond donors (Lipinski definition) is 0. The van der Waals surface area contributed by atoms with E-state index in [1.807, 2.05) is 0 Å². The third kappa shape index (κ3) is 5.27. The molecule has 0 bridgehead atoms. The van der Waals surface area contributed by atoms with Crippen molar-refractivity contribution in [1.82, 2.24) is 0 Å². The maximum absolute atomic E-state index is 12.6. The van der Waals surface area contributed by atoms with Crippen LogP contribution in [0.1, 0.15) is 22.8 Å². The topological polar surface area (TPSA) is 77.5 Å². The molecule has 10 heteroatoms. The van der Waals surface area contributed by atoms with Gasteiger partial charge in [-0.3, -0.25) is 4.79 Å². The summed E-state index contributed by atoms with van der Waals surface area (Å²) in [7, 11) is -4.08. The molecule has 0 heterocycles. The number of ether oxygens (including phenoxy) is 1. The van der Waals surface area contributed by atoms with Gasteiger partial charge in [0, 0.05) is 21.9 Å². The quantitative estimate of drug-likeness (QED) is 0.322. The summed E-state index contributed by atoms with van der Waals surface area (Å²) in [5, 5.41) is 0.533. The molecule has 2 rings (SSSR count). The summed E-state index contributed by atoms with van der Waals surface area (Å²) in [4.78, 5) is 24.0. The zero-order valence-electron chi connectivity index (χ0n) is 14.4. The number of rotatable bonds is 5. The van der Waals surface area contributed by atoms with E-state index in [2.05, 4.69) is 0 Å². The van der Waals surface area contributed by atoms with Gasteiger partial charge in [0.25, 0.3) is 0 Å². The van der Waals surface area contributed by atoms with Gasteiger partial charge in [-0.05, 0) is 43.3 Å². The molecule has 0 spiro atoms. The number of allylic oxidation sites excluding steroid dienone is 1. The molecule has 0 saturated heterocycles. The number of esters is 1. The van der Waals surface area contributed by atoms with Crippen LogP contribution in [-0.2, 0) is 19.4 Å². The minimum Gasteiger partial charge on any atom is -0.421 e. The Morgan fingerprint density at radius 2 is 1.32 bits per heavy atom. The van der Waals surface area contributed by atoms with Crippen molar-refractivity contribution in [1.29, 1.82) is 0 Å². The molecule has 0 aliphatic rings. The van der Waals surface area contributed by atoms with Gasteiger partial charge in [-0.25, -0.2) is 13.2 Å². The lowest BCUT2D eigenvalue weighted by Gasteiger charge is -2.15. The first-order valence-corrected chi connectivity index (χ1v) is 10.9.